The fourth-order valence-electron chi connectivity index (χ4n) is 0.837. The fraction of sp³-hybridized carbons (Fsp3) is 0.429. The summed E-state index contributed by atoms with van der Waals surface area (Å²) in [5.41, 5.74) is 6.66. The topological polar surface area (TPSA) is 26.0 Å². The molecule has 4 heteroatoms. The Kier molecular flexibility index (Phi) is 3.19. The molecule has 1 heterocycles. The molecule has 0 bridgehead atoms. The van der Waals surface area contributed by atoms with Gasteiger partial charge in [0.2, 0.25) is 0 Å². The largest absolute Gasteiger partial charge is 0.328 e. The van der Waals surface area contributed by atoms with Gasteiger partial charge in [0, 0.05) is 6.04 Å². The monoisotopic (exact) mass is 209 g/mol. The Balaban J connectivity index is 2.79. The van der Waals surface area contributed by atoms with E-state index in [1.807, 2.05) is 12.3 Å². The molecule has 0 radical (unpaired) electrons. The van der Waals surface area contributed by atoms with Crippen LogP contribution in [0.25, 0.3) is 0 Å². The summed E-state index contributed by atoms with van der Waals surface area (Å²) < 4.78 is 0.655. The van der Waals surface area contributed by atoms with Gasteiger partial charge in [-0.25, -0.2) is 0 Å². The van der Waals surface area contributed by atoms with Crippen molar-refractivity contribution < 1.29 is 0 Å². The van der Waals surface area contributed by atoms with E-state index in [0.29, 0.717) is 9.36 Å². The Bertz CT molecular complexity index is 245. The normalized spacial score (nSPS) is 13.5. The van der Waals surface area contributed by atoms with Gasteiger partial charge >= 0.3 is 0 Å². The van der Waals surface area contributed by atoms with E-state index in [9.17, 15) is 0 Å². The van der Waals surface area contributed by atoms with Crippen LogP contribution in [0.2, 0.25) is 9.36 Å². The van der Waals surface area contributed by atoms with Gasteiger partial charge in [-0.15, -0.1) is 11.3 Å². The second kappa shape index (κ2) is 3.76. The predicted octanol–water partition coefficient (Wildman–Crippen LogP) is 2.94. The Hall–Kier alpha value is 0.240. The highest BCUT2D eigenvalue weighted by Gasteiger charge is 2.08. The Morgan fingerprint density at radius 3 is 2.64 bits per heavy atom. The van der Waals surface area contributed by atoms with E-state index in [2.05, 4.69) is 0 Å². The highest BCUT2D eigenvalue weighted by Crippen LogP contribution is 2.32. The average molecular weight is 210 g/mol. The number of hydrogen-bond acceptors (Lipinski definition) is 2. The first kappa shape index (κ1) is 9.33. The Morgan fingerprint density at radius 1 is 1.64 bits per heavy atom. The van der Waals surface area contributed by atoms with Crippen LogP contribution in [0.3, 0.4) is 0 Å². The lowest BCUT2D eigenvalue weighted by molar-refractivity contribution is 0.740. The lowest BCUT2D eigenvalue weighted by atomic mass is 10.1. The van der Waals surface area contributed by atoms with E-state index in [1.165, 1.54) is 11.3 Å². The minimum absolute atomic E-state index is 0.137. The molecule has 0 saturated carbocycles. The fourth-order valence-corrected chi connectivity index (χ4v) is 2.12. The maximum absolute atomic E-state index is 5.88. The van der Waals surface area contributed by atoms with Crippen molar-refractivity contribution in [1.82, 2.24) is 0 Å². The van der Waals surface area contributed by atoms with Crippen molar-refractivity contribution in [2.75, 3.05) is 0 Å². The van der Waals surface area contributed by atoms with E-state index in [-0.39, 0.29) is 6.04 Å². The summed E-state index contributed by atoms with van der Waals surface area (Å²) in [6, 6.07) is 0.137. The van der Waals surface area contributed by atoms with Gasteiger partial charge in [0.1, 0.15) is 4.34 Å². The molecular weight excluding hydrogens is 201 g/mol. The van der Waals surface area contributed by atoms with Crippen molar-refractivity contribution in [3.63, 3.8) is 0 Å². The molecular formula is C7H9Cl2NS. The molecule has 1 aromatic heterocycles. The van der Waals surface area contributed by atoms with E-state index in [4.69, 9.17) is 28.9 Å². The maximum Gasteiger partial charge on any atom is 0.112 e. The first-order valence-electron chi connectivity index (χ1n) is 3.28. The second-order valence-electron chi connectivity index (χ2n) is 2.53. The number of hydrogen-bond donors (Lipinski definition) is 1. The molecule has 0 aromatic carbocycles. The van der Waals surface area contributed by atoms with Crippen LogP contribution in [0.5, 0.6) is 0 Å². The van der Waals surface area contributed by atoms with Gasteiger partial charge in [-0.1, -0.05) is 23.2 Å². The molecule has 1 nitrogen and oxygen atoms in total. The molecule has 0 aliphatic carbocycles. The zero-order chi connectivity index (χ0) is 8.43. The molecule has 0 fully saturated rings. The molecule has 0 spiro atoms. The van der Waals surface area contributed by atoms with Crippen molar-refractivity contribution in [1.29, 1.82) is 0 Å². The summed E-state index contributed by atoms with van der Waals surface area (Å²) >= 11 is 13.1. The van der Waals surface area contributed by atoms with Gasteiger partial charge < -0.3 is 5.73 Å². The average Bonchev–Trinajstić information content (AvgIpc) is 2.18. The molecule has 1 unspecified atom stereocenters. The van der Waals surface area contributed by atoms with Crippen molar-refractivity contribution >= 4 is 34.5 Å². The first-order valence-corrected chi connectivity index (χ1v) is 4.91. The van der Waals surface area contributed by atoms with Gasteiger partial charge in [-0.05, 0) is 24.3 Å². The minimum Gasteiger partial charge on any atom is -0.328 e. The van der Waals surface area contributed by atoms with Crippen LogP contribution in [0.4, 0.5) is 0 Å². The molecule has 0 amide bonds. The lowest BCUT2D eigenvalue weighted by Crippen LogP contribution is -2.17. The summed E-state index contributed by atoms with van der Waals surface area (Å²) in [4.78, 5) is 0. The van der Waals surface area contributed by atoms with E-state index >= 15 is 0 Å². The van der Waals surface area contributed by atoms with Crippen LogP contribution in [-0.2, 0) is 6.42 Å². The standard InChI is InChI=1S/C7H9Cl2NS/c1-4(10)2-5-3-11-7(9)6(5)8/h3-4H,2,10H2,1H3. The molecule has 0 aliphatic heterocycles. The second-order valence-corrected chi connectivity index (χ2v) is 4.39. The molecule has 1 rings (SSSR count). The van der Waals surface area contributed by atoms with E-state index in [1.54, 1.807) is 0 Å². The molecule has 2 N–H and O–H groups in total. The van der Waals surface area contributed by atoms with Gasteiger partial charge in [0.25, 0.3) is 0 Å². The first-order chi connectivity index (χ1) is 5.11. The van der Waals surface area contributed by atoms with Crippen molar-refractivity contribution in [2.45, 2.75) is 19.4 Å². The van der Waals surface area contributed by atoms with Gasteiger partial charge in [0.15, 0.2) is 0 Å². The number of halogens is 2. The number of nitrogens with two attached hydrogens (primary N) is 1. The third-order valence-corrected chi connectivity index (χ3v) is 3.21. The lowest BCUT2D eigenvalue weighted by Gasteiger charge is -2.01. The van der Waals surface area contributed by atoms with Gasteiger partial charge in [-0.3, -0.25) is 0 Å². The summed E-state index contributed by atoms with van der Waals surface area (Å²) in [5, 5.41) is 2.61. The molecule has 1 atom stereocenters. The molecule has 0 saturated heterocycles. The highest BCUT2D eigenvalue weighted by atomic mass is 35.5. The molecule has 62 valence electrons. The maximum atomic E-state index is 5.88. The van der Waals surface area contributed by atoms with Gasteiger partial charge in [-0.2, -0.15) is 0 Å². The van der Waals surface area contributed by atoms with Crippen molar-refractivity contribution in [3.05, 3.63) is 20.3 Å². The Morgan fingerprint density at radius 2 is 2.27 bits per heavy atom. The third kappa shape index (κ3) is 2.34. The van der Waals surface area contributed by atoms with Crippen LogP contribution < -0.4 is 5.73 Å². The summed E-state index contributed by atoms with van der Waals surface area (Å²) in [6.45, 7) is 1.95. The highest BCUT2D eigenvalue weighted by molar-refractivity contribution is 7.15. The van der Waals surface area contributed by atoms with Crippen LogP contribution in [0.1, 0.15) is 12.5 Å². The van der Waals surface area contributed by atoms with E-state index < -0.39 is 0 Å². The quantitative estimate of drug-likeness (QED) is 0.797. The van der Waals surface area contributed by atoms with Crippen LogP contribution in [0.15, 0.2) is 5.38 Å². The number of rotatable bonds is 2. The SMILES string of the molecule is CC(N)Cc1csc(Cl)c1Cl. The third-order valence-electron chi connectivity index (χ3n) is 1.30. The van der Waals surface area contributed by atoms with Crippen molar-refractivity contribution in [3.8, 4) is 0 Å². The van der Waals surface area contributed by atoms with E-state index in [0.717, 1.165) is 12.0 Å². The molecule has 0 aliphatic rings. The van der Waals surface area contributed by atoms with Crippen molar-refractivity contribution in [2.24, 2.45) is 5.73 Å². The molecule has 1 aromatic rings. The predicted molar refractivity (Wildman–Crippen MR) is 51.7 cm³/mol. The summed E-state index contributed by atoms with van der Waals surface area (Å²) in [6.07, 6.45) is 0.794. The summed E-state index contributed by atoms with van der Waals surface area (Å²) in [5.74, 6) is 0. The minimum atomic E-state index is 0.137. The molecule has 11 heavy (non-hydrogen) atoms. The van der Waals surface area contributed by atoms with Crippen LogP contribution >= 0.6 is 34.5 Å². The zero-order valence-corrected chi connectivity index (χ0v) is 8.43. The Labute approximate surface area is 80.1 Å². The smallest absolute Gasteiger partial charge is 0.112 e. The zero-order valence-electron chi connectivity index (χ0n) is 6.10. The van der Waals surface area contributed by atoms with Gasteiger partial charge in [0.05, 0.1) is 5.02 Å². The van der Waals surface area contributed by atoms with Crippen LogP contribution in [-0.4, -0.2) is 6.04 Å². The summed E-state index contributed by atoms with van der Waals surface area (Å²) in [7, 11) is 0. The van der Waals surface area contributed by atoms with Crippen LogP contribution in [0, 0.1) is 0 Å². The number of thiophene rings is 1.